The highest BCUT2D eigenvalue weighted by Gasteiger charge is 2.13. The quantitative estimate of drug-likeness (QED) is 0.775. The summed E-state index contributed by atoms with van der Waals surface area (Å²) in [5.74, 6) is -0.182. The summed E-state index contributed by atoms with van der Waals surface area (Å²) in [5.41, 5.74) is 5.98. The predicted molar refractivity (Wildman–Crippen MR) is 77.3 cm³/mol. The summed E-state index contributed by atoms with van der Waals surface area (Å²) in [4.78, 5) is 12.0. The molecule has 3 N–H and O–H groups in total. The van der Waals surface area contributed by atoms with Gasteiger partial charge in [-0.2, -0.15) is 0 Å². The van der Waals surface area contributed by atoms with Crippen molar-refractivity contribution in [1.82, 2.24) is 0 Å². The van der Waals surface area contributed by atoms with Crippen molar-refractivity contribution in [2.24, 2.45) is 5.73 Å². The summed E-state index contributed by atoms with van der Waals surface area (Å²) < 4.78 is 28.3. The van der Waals surface area contributed by atoms with E-state index in [-0.39, 0.29) is 35.6 Å². The van der Waals surface area contributed by atoms with Gasteiger partial charge in [0.15, 0.2) is 9.84 Å². The van der Waals surface area contributed by atoms with Gasteiger partial charge in [-0.1, -0.05) is 6.92 Å². The number of carbonyl (C=O) groups is 1. The van der Waals surface area contributed by atoms with Gasteiger partial charge in [0.25, 0.3) is 0 Å². The number of nitrogens with two attached hydrogens (primary N) is 1. The van der Waals surface area contributed by atoms with E-state index in [0.717, 1.165) is 0 Å². The molecule has 0 fully saturated rings. The van der Waals surface area contributed by atoms with Gasteiger partial charge in [-0.25, -0.2) is 8.42 Å². The fourth-order valence-corrected chi connectivity index (χ4v) is 2.48. The Labute approximate surface area is 119 Å². The fourth-order valence-electron chi connectivity index (χ4n) is 1.59. The van der Waals surface area contributed by atoms with Crippen molar-refractivity contribution in [3.63, 3.8) is 0 Å². The summed E-state index contributed by atoms with van der Waals surface area (Å²) in [7, 11) is -1.72. The van der Waals surface area contributed by atoms with E-state index in [4.69, 9.17) is 10.5 Å². The van der Waals surface area contributed by atoms with Crippen LogP contribution in [0.5, 0.6) is 0 Å². The molecule has 1 amide bonds. The molecule has 1 aromatic rings. The first-order valence-corrected chi connectivity index (χ1v) is 7.93. The fraction of sp³-hybridized carbons (Fsp3) is 0.462. The third-order valence-electron chi connectivity index (χ3n) is 2.89. The van der Waals surface area contributed by atoms with Crippen LogP contribution in [0.1, 0.15) is 13.3 Å². The van der Waals surface area contributed by atoms with Crippen LogP contribution in [-0.2, 0) is 19.4 Å². The van der Waals surface area contributed by atoms with Gasteiger partial charge in [-0.05, 0) is 24.3 Å². The molecule has 0 aromatic heterocycles. The molecule has 0 aliphatic carbocycles. The summed E-state index contributed by atoms with van der Waals surface area (Å²) in [5, 5.41) is 2.67. The number of hydrogen-bond acceptors (Lipinski definition) is 5. The summed E-state index contributed by atoms with van der Waals surface area (Å²) in [6.07, 6.45) is -0.170. The number of benzene rings is 1. The maximum absolute atomic E-state index is 11.7. The molecule has 1 aromatic carbocycles. The second-order valence-corrected chi connectivity index (χ2v) is 6.55. The first kappa shape index (κ1) is 16.6. The van der Waals surface area contributed by atoms with Gasteiger partial charge >= 0.3 is 0 Å². The molecule has 7 heteroatoms. The van der Waals surface area contributed by atoms with E-state index < -0.39 is 9.84 Å². The molecule has 0 spiro atoms. The third-order valence-corrected chi connectivity index (χ3v) is 4.64. The lowest BCUT2D eigenvalue weighted by Gasteiger charge is -2.12. The molecular weight excluding hydrogens is 280 g/mol. The Morgan fingerprint density at radius 1 is 1.35 bits per heavy atom. The minimum Gasteiger partial charge on any atom is -0.380 e. The van der Waals surface area contributed by atoms with Crippen molar-refractivity contribution in [2.45, 2.75) is 24.3 Å². The molecule has 0 aliphatic heterocycles. The molecule has 0 heterocycles. The van der Waals surface area contributed by atoms with Gasteiger partial charge in [-0.3, -0.25) is 4.79 Å². The Morgan fingerprint density at radius 3 is 2.40 bits per heavy atom. The van der Waals surface area contributed by atoms with Crippen LogP contribution in [0.25, 0.3) is 0 Å². The van der Waals surface area contributed by atoms with Crippen LogP contribution in [0.4, 0.5) is 5.69 Å². The first-order valence-electron chi connectivity index (χ1n) is 6.28. The Balaban J connectivity index is 2.69. The van der Waals surface area contributed by atoms with E-state index in [0.29, 0.717) is 5.69 Å². The number of sulfone groups is 1. The van der Waals surface area contributed by atoms with Crippen LogP contribution in [0.15, 0.2) is 29.2 Å². The zero-order valence-corrected chi connectivity index (χ0v) is 12.4. The van der Waals surface area contributed by atoms with Gasteiger partial charge in [-0.15, -0.1) is 0 Å². The Bertz CT molecular complexity index is 536. The average Bonchev–Trinajstić information content (AvgIpc) is 2.45. The lowest BCUT2D eigenvalue weighted by atomic mass is 10.2. The number of anilines is 1. The van der Waals surface area contributed by atoms with Crippen LogP contribution < -0.4 is 11.1 Å². The number of ether oxygens (including phenoxy) is 1. The minimum absolute atomic E-state index is 0.0464. The second-order valence-electron chi connectivity index (χ2n) is 4.27. The number of methoxy groups -OCH3 is 1. The number of nitrogens with one attached hydrogen (secondary N) is 1. The van der Waals surface area contributed by atoms with E-state index >= 15 is 0 Å². The lowest BCUT2D eigenvalue weighted by molar-refractivity contribution is -0.118. The van der Waals surface area contributed by atoms with Crippen LogP contribution in [0.3, 0.4) is 0 Å². The molecule has 1 atom stereocenters. The lowest BCUT2D eigenvalue weighted by Crippen LogP contribution is -2.28. The van der Waals surface area contributed by atoms with E-state index in [1.54, 1.807) is 19.1 Å². The van der Waals surface area contributed by atoms with Crippen molar-refractivity contribution in [3.8, 4) is 0 Å². The van der Waals surface area contributed by atoms with Crippen molar-refractivity contribution < 1.29 is 17.9 Å². The Kier molecular flexibility index (Phi) is 6.12. The number of carbonyl (C=O) groups excluding carboxylic acids is 1. The first-order chi connectivity index (χ1) is 9.42. The number of rotatable bonds is 7. The highest BCUT2D eigenvalue weighted by molar-refractivity contribution is 7.91. The zero-order chi connectivity index (χ0) is 15.2. The van der Waals surface area contributed by atoms with E-state index in [9.17, 15) is 13.2 Å². The minimum atomic E-state index is -3.22. The second kappa shape index (κ2) is 7.37. The summed E-state index contributed by atoms with van der Waals surface area (Å²) >= 11 is 0. The largest absolute Gasteiger partial charge is 0.380 e. The van der Waals surface area contributed by atoms with Crippen molar-refractivity contribution in [1.29, 1.82) is 0 Å². The van der Waals surface area contributed by atoms with Gasteiger partial charge in [0, 0.05) is 19.3 Å². The number of hydrogen-bond donors (Lipinski definition) is 2. The summed E-state index contributed by atoms with van der Waals surface area (Å²) in [6.45, 7) is 1.85. The normalized spacial score (nSPS) is 12.9. The molecule has 1 unspecified atom stereocenters. The molecule has 0 aliphatic rings. The Hall–Kier alpha value is -1.44. The van der Waals surface area contributed by atoms with Gasteiger partial charge in [0.1, 0.15) is 0 Å². The van der Waals surface area contributed by atoms with Crippen LogP contribution >= 0.6 is 0 Å². The van der Waals surface area contributed by atoms with Gasteiger partial charge < -0.3 is 15.8 Å². The standard InChI is InChI=1S/C13H20N2O4S/c1-3-20(17,18)12-6-4-10(5-7-12)15-13(16)8-11(9-14)19-2/h4-7,11H,3,8-9,14H2,1-2H3,(H,15,16). The highest BCUT2D eigenvalue weighted by Crippen LogP contribution is 2.15. The van der Waals surface area contributed by atoms with Gasteiger partial charge in [0.05, 0.1) is 23.2 Å². The average molecular weight is 300 g/mol. The highest BCUT2D eigenvalue weighted by atomic mass is 32.2. The topological polar surface area (TPSA) is 98.5 Å². The molecule has 0 saturated carbocycles. The van der Waals surface area contributed by atoms with Crippen LogP contribution in [0.2, 0.25) is 0 Å². The maximum Gasteiger partial charge on any atom is 0.227 e. The maximum atomic E-state index is 11.7. The van der Waals surface area contributed by atoms with E-state index in [1.807, 2.05) is 0 Å². The van der Waals surface area contributed by atoms with E-state index in [1.165, 1.54) is 19.2 Å². The van der Waals surface area contributed by atoms with Crippen molar-refractivity contribution >= 4 is 21.4 Å². The molecule has 0 radical (unpaired) electrons. The van der Waals surface area contributed by atoms with Crippen LogP contribution in [0, 0.1) is 0 Å². The molecule has 0 bridgehead atoms. The molecule has 1 rings (SSSR count). The van der Waals surface area contributed by atoms with Gasteiger partial charge in [0.2, 0.25) is 5.91 Å². The van der Waals surface area contributed by atoms with Crippen molar-refractivity contribution in [3.05, 3.63) is 24.3 Å². The smallest absolute Gasteiger partial charge is 0.227 e. The monoisotopic (exact) mass is 300 g/mol. The molecule has 0 saturated heterocycles. The zero-order valence-electron chi connectivity index (χ0n) is 11.6. The Morgan fingerprint density at radius 2 is 1.95 bits per heavy atom. The molecular formula is C13H20N2O4S. The van der Waals surface area contributed by atoms with E-state index in [2.05, 4.69) is 5.32 Å². The summed E-state index contributed by atoms with van der Waals surface area (Å²) in [6, 6.07) is 6.08. The van der Waals surface area contributed by atoms with Crippen LogP contribution in [-0.4, -0.2) is 39.8 Å². The predicted octanol–water partition coefficient (Wildman–Crippen LogP) is 0.783. The third kappa shape index (κ3) is 4.59. The number of amides is 1. The van der Waals surface area contributed by atoms with Crippen molar-refractivity contribution in [2.75, 3.05) is 24.7 Å². The molecule has 6 nitrogen and oxygen atoms in total. The SMILES string of the molecule is CCS(=O)(=O)c1ccc(NC(=O)CC(CN)OC)cc1. The molecule has 112 valence electrons. The molecule has 20 heavy (non-hydrogen) atoms.